The Hall–Kier alpha value is -3.07. The molecule has 0 bridgehead atoms. The van der Waals surface area contributed by atoms with E-state index in [4.69, 9.17) is 23.2 Å². The second-order valence-electron chi connectivity index (χ2n) is 8.29. The van der Waals surface area contributed by atoms with E-state index in [9.17, 15) is 9.90 Å². The van der Waals surface area contributed by atoms with Crippen molar-refractivity contribution in [1.82, 2.24) is 14.9 Å². The van der Waals surface area contributed by atoms with Gasteiger partial charge in [0.05, 0.1) is 6.54 Å². The fourth-order valence-corrected chi connectivity index (χ4v) is 4.18. The molecule has 3 aromatic rings. The van der Waals surface area contributed by atoms with Crippen molar-refractivity contribution in [2.24, 2.45) is 0 Å². The standard InChI is InChI=1S/C24H26Cl2N6O2/c1-16-14-31(12-11-30(16)2)20-6-4-19(5-7-20)28-23-27-10-9-22(29-23)32(24(33)34)15-17-13-18(25)3-8-21(17)26/h3-10,13,16H,11-12,14-15H2,1-2H3,(H,33,34)(H,27,28,29). The lowest BCUT2D eigenvalue weighted by molar-refractivity contribution is 0.201. The average molecular weight is 501 g/mol. The third-order valence-electron chi connectivity index (χ3n) is 5.93. The maximum Gasteiger partial charge on any atom is 0.413 e. The highest BCUT2D eigenvalue weighted by Crippen LogP contribution is 2.26. The highest BCUT2D eigenvalue weighted by molar-refractivity contribution is 6.33. The predicted octanol–water partition coefficient (Wildman–Crippen LogP) is 5.35. The number of piperazine rings is 1. The summed E-state index contributed by atoms with van der Waals surface area (Å²) in [5, 5.41) is 13.8. The maximum absolute atomic E-state index is 12.0. The number of amides is 1. The highest BCUT2D eigenvalue weighted by atomic mass is 35.5. The van der Waals surface area contributed by atoms with E-state index in [2.05, 4.69) is 51.2 Å². The van der Waals surface area contributed by atoms with Crippen LogP contribution in [-0.4, -0.2) is 58.8 Å². The van der Waals surface area contributed by atoms with Crippen LogP contribution in [0.3, 0.4) is 0 Å². The number of likely N-dealkylation sites (N-methyl/N-ethyl adjacent to an activating group) is 1. The number of anilines is 4. The van der Waals surface area contributed by atoms with E-state index in [1.807, 2.05) is 12.1 Å². The average Bonchev–Trinajstić information content (AvgIpc) is 2.82. The number of nitrogens with zero attached hydrogens (tertiary/aromatic N) is 5. The molecule has 0 radical (unpaired) electrons. The molecule has 178 valence electrons. The first-order valence-electron chi connectivity index (χ1n) is 10.9. The molecule has 2 N–H and O–H groups in total. The largest absolute Gasteiger partial charge is 0.465 e. The molecule has 1 amide bonds. The molecule has 1 unspecified atom stereocenters. The molecule has 8 nitrogen and oxygen atoms in total. The van der Waals surface area contributed by atoms with Gasteiger partial charge < -0.3 is 20.2 Å². The van der Waals surface area contributed by atoms with Crippen molar-refractivity contribution >= 4 is 52.4 Å². The minimum absolute atomic E-state index is 0.00330. The van der Waals surface area contributed by atoms with Gasteiger partial charge in [-0.2, -0.15) is 4.98 Å². The van der Waals surface area contributed by atoms with E-state index in [1.165, 1.54) is 12.3 Å². The smallest absolute Gasteiger partial charge is 0.413 e. The quantitative estimate of drug-likeness (QED) is 0.471. The first-order chi connectivity index (χ1) is 16.3. The lowest BCUT2D eigenvalue weighted by Crippen LogP contribution is -2.50. The molecular formula is C24H26Cl2N6O2. The van der Waals surface area contributed by atoms with Crippen molar-refractivity contribution in [3.8, 4) is 0 Å². The number of carbonyl (C=O) groups is 1. The summed E-state index contributed by atoms with van der Waals surface area (Å²) in [6, 6.07) is 15.0. The van der Waals surface area contributed by atoms with Gasteiger partial charge in [-0.15, -0.1) is 0 Å². The summed E-state index contributed by atoms with van der Waals surface area (Å²) in [4.78, 5) is 26.4. The Morgan fingerprint density at radius 2 is 1.94 bits per heavy atom. The molecular weight excluding hydrogens is 475 g/mol. The molecule has 2 heterocycles. The van der Waals surface area contributed by atoms with Gasteiger partial charge in [-0.1, -0.05) is 23.2 Å². The van der Waals surface area contributed by atoms with Gasteiger partial charge in [0.15, 0.2) is 0 Å². The molecule has 2 aromatic carbocycles. The van der Waals surface area contributed by atoms with Gasteiger partial charge in [-0.3, -0.25) is 4.90 Å². The Balaban J connectivity index is 1.48. The van der Waals surface area contributed by atoms with Crippen LogP contribution in [-0.2, 0) is 6.54 Å². The van der Waals surface area contributed by atoms with Crippen LogP contribution in [0, 0.1) is 0 Å². The van der Waals surface area contributed by atoms with Crippen molar-refractivity contribution in [2.45, 2.75) is 19.5 Å². The normalized spacial score (nSPS) is 16.4. The first kappa shape index (κ1) is 24.1. The molecule has 1 saturated heterocycles. The Morgan fingerprint density at radius 1 is 1.18 bits per heavy atom. The molecule has 0 aliphatic carbocycles. The summed E-state index contributed by atoms with van der Waals surface area (Å²) in [6.07, 6.45) is 0.353. The summed E-state index contributed by atoms with van der Waals surface area (Å²) in [6.45, 7) is 5.23. The number of halogens is 2. The number of nitrogens with one attached hydrogen (secondary N) is 1. The van der Waals surface area contributed by atoms with Crippen LogP contribution in [0.15, 0.2) is 54.7 Å². The summed E-state index contributed by atoms with van der Waals surface area (Å²) < 4.78 is 0. The van der Waals surface area contributed by atoms with Crippen LogP contribution in [0.2, 0.25) is 10.0 Å². The van der Waals surface area contributed by atoms with E-state index < -0.39 is 6.09 Å². The minimum Gasteiger partial charge on any atom is -0.465 e. The molecule has 1 fully saturated rings. The Bertz CT molecular complexity index is 1160. The SMILES string of the molecule is CC1CN(c2ccc(Nc3nccc(N(Cc4cc(Cl)ccc4Cl)C(=O)O)n3)cc2)CCN1C. The van der Waals surface area contributed by atoms with Crippen molar-refractivity contribution in [3.05, 3.63) is 70.3 Å². The van der Waals surface area contributed by atoms with Gasteiger partial charge in [-0.05, 0) is 68.1 Å². The van der Waals surface area contributed by atoms with Gasteiger partial charge in [-0.25, -0.2) is 9.78 Å². The zero-order chi connectivity index (χ0) is 24.2. The van der Waals surface area contributed by atoms with Crippen molar-refractivity contribution in [3.63, 3.8) is 0 Å². The fraction of sp³-hybridized carbons (Fsp3) is 0.292. The lowest BCUT2D eigenvalue weighted by atomic mass is 10.1. The Kier molecular flexibility index (Phi) is 7.41. The number of carboxylic acid groups (broad SMARTS) is 1. The van der Waals surface area contributed by atoms with E-state index in [1.54, 1.807) is 18.2 Å². The first-order valence-corrected chi connectivity index (χ1v) is 11.7. The second kappa shape index (κ2) is 10.5. The van der Waals surface area contributed by atoms with E-state index in [-0.39, 0.29) is 12.4 Å². The lowest BCUT2D eigenvalue weighted by Gasteiger charge is -2.39. The number of rotatable bonds is 6. The number of hydrogen-bond donors (Lipinski definition) is 2. The maximum atomic E-state index is 12.0. The Labute approximate surface area is 208 Å². The Morgan fingerprint density at radius 3 is 2.65 bits per heavy atom. The van der Waals surface area contributed by atoms with Crippen LogP contribution < -0.4 is 15.1 Å². The topological polar surface area (TPSA) is 84.8 Å². The molecule has 10 heteroatoms. The van der Waals surface area contributed by atoms with Gasteiger partial charge >= 0.3 is 6.09 Å². The summed E-state index contributed by atoms with van der Waals surface area (Å²) in [5.41, 5.74) is 2.55. The molecule has 0 saturated carbocycles. The zero-order valence-electron chi connectivity index (χ0n) is 18.9. The number of hydrogen-bond acceptors (Lipinski definition) is 6. The second-order valence-corrected chi connectivity index (χ2v) is 9.13. The molecule has 1 atom stereocenters. The summed E-state index contributed by atoms with van der Waals surface area (Å²) in [7, 11) is 2.15. The van der Waals surface area contributed by atoms with Crippen molar-refractivity contribution in [2.75, 3.05) is 41.8 Å². The third-order valence-corrected chi connectivity index (χ3v) is 6.54. The molecule has 1 aliphatic heterocycles. The molecule has 34 heavy (non-hydrogen) atoms. The highest BCUT2D eigenvalue weighted by Gasteiger charge is 2.21. The van der Waals surface area contributed by atoms with Gasteiger partial charge in [0, 0.05) is 53.3 Å². The zero-order valence-corrected chi connectivity index (χ0v) is 20.5. The summed E-state index contributed by atoms with van der Waals surface area (Å²) >= 11 is 12.3. The van der Waals surface area contributed by atoms with Crippen molar-refractivity contribution < 1.29 is 9.90 Å². The predicted molar refractivity (Wildman–Crippen MR) is 137 cm³/mol. The number of benzene rings is 2. The molecule has 1 aromatic heterocycles. The van der Waals surface area contributed by atoms with Crippen molar-refractivity contribution in [1.29, 1.82) is 0 Å². The molecule has 4 rings (SSSR count). The summed E-state index contributed by atoms with van der Waals surface area (Å²) in [5.74, 6) is 0.519. The fourth-order valence-electron chi connectivity index (χ4n) is 3.81. The van der Waals surface area contributed by atoms with Gasteiger partial charge in [0.25, 0.3) is 0 Å². The molecule has 0 spiro atoms. The number of aromatic nitrogens is 2. The third kappa shape index (κ3) is 5.70. The van der Waals surface area contributed by atoms with Crippen LogP contribution in [0.1, 0.15) is 12.5 Å². The van der Waals surface area contributed by atoms with E-state index >= 15 is 0 Å². The van der Waals surface area contributed by atoms with Gasteiger partial charge in [0.1, 0.15) is 5.82 Å². The van der Waals surface area contributed by atoms with E-state index in [0.29, 0.717) is 27.6 Å². The van der Waals surface area contributed by atoms with Crippen LogP contribution >= 0.6 is 23.2 Å². The van der Waals surface area contributed by atoms with Crippen LogP contribution in [0.4, 0.5) is 27.9 Å². The molecule has 1 aliphatic rings. The van der Waals surface area contributed by atoms with Crippen LogP contribution in [0.5, 0.6) is 0 Å². The monoisotopic (exact) mass is 500 g/mol. The van der Waals surface area contributed by atoms with Crippen LogP contribution in [0.25, 0.3) is 0 Å². The minimum atomic E-state index is -1.16. The van der Waals surface area contributed by atoms with Gasteiger partial charge in [0.2, 0.25) is 5.95 Å². The van der Waals surface area contributed by atoms with E-state index in [0.717, 1.165) is 35.9 Å².